The molecule has 1 aliphatic rings. The fourth-order valence-corrected chi connectivity index (χ4v) is 3.44. The smallest absolute Gasteiger partial charge is 0.170 e. The van der Waals surface area contributed by atoms with Crippen LogP contribution in [0.3, 0.4) is 0 Å². The van der Waals surface area contributed by atoms with Gasteiger partial charge in [0.25, 0.3) is 0 Å². The van der Waals surface area contributed by atoms with Crippen molar-refractivity contribution in [1.29, 1.82) is 5.26 Å². The molecule has 3 aromatic rings. The molecule has 0 saturated carbocycles. The quantitative estimate of drug-likeness (QED) is 0.661. The average molecular weight is 374 g/mol. The summed E-state index contributed by atoms with van der Waals surface area (Å²) >= 11 is 0. The zero-order valence-corrected chi connectivity index (χ0v) is 15.0. The number of aromatic nitrogens is 3. The molecule has 0 aliphatic carbocycles. The molecule has 1 atom stereocenters. The summed E-state index contributed by atoms with van der Waals surface area (Å²) in [5.74, 6) is 3.22. The third kappa shape index (κ3) is 3.12. The molecule has 140 valence electrons. The maximum absolute atomic E-state index is 9.99. The van der Waals surface area contributed by atoms with Crippen LogP contribution < -0.4 is 4.90 Å². The minimum Gasteiger partial charge on any atom is -0.506 e. The third-order valence-corrected chi connectivity index (χ3v) is 4.91. The number of piperazine rings is 1. The maximum atomic E-state index is 9.99. The second kappa shape index (κ2) is 7.20. The molecular formula is C20H18N6O2. The summed E-state index contributed by atoms with van der Waals surface area (Å²) in [5, 5.41) is 33.2. The number of hydrogen-bond donors (Lipinski definition) is 2. The molecule has 0 aromatic carbocycles. The molecule has 1 saturated heterocycles. The number of fused-ring (bicyclic) bond motifs is 1. The molecule has 8 heteroatoms. The Morgan fingerprint density at radius 1 is 1.18 bits per heavy atom. The van der Waals surface area contributed by atoms with Crippen molar-refractivity contribution in [2.45, 2.75) is 6.23 Å². The van der Waals surface area contributed by atoms with E-state index in [0.29, 0.717) is 42.8 Å². The van der Waals surface area contributed by atoms with E-state index in [0.717, 1.165) is 11.4 Å². The fourth-order valence-electron chi connectivity index (χ4n) is 3.44. The van der Waals surface area contributed by atoms with Crippen LogP contribution in [0.2, 0.25) is 0 Å². The molecular weight excluding hydrogens is 356 g/mol. The van der Waals surface area contributed by atoms with Crippen molar-refractivity contribution in [2.24, 2.45) is 0 Å². The predicted octanol–water partition coefficient (Wildman–Crippen LogP) is 1.05. The highest BCUT2D eigenvalue weighted by molar-refractivity contribution is 5.85. The van der Waals surface area contributed by atoms with Crippen molar-refractivity contribution in [2.75, 3.05) is 31.1 Å². The summed E-state index contributed by atoms with van der Waals surface area (Å²) in [6, 6.07) is 7.55. The van der Waals surface area contributed by atoms with Gasteiger partial charge in [-0.15, -0.1) is 6.42 Å². The lowest BCUT2D eigenvalue weighted by molar-refractivity contribution is 0.0452. The average Bonchev–Trinajstić information content (AvgIpc) is 3.15. The van der Waals surface area contributed by atoms with Gasteiger partial charge in [0.05, 0.1) is 23.5 Å². The van der Waals surface area contributed by atoms with E-state index in [1.165, 1.54) is 16.9 Å². The second-order valence-corrected chi connectivity index (χ2v) is 6.54. The molecule has 1 aliphatic heterocycles. The van der Waals surface area contributed by atoms with Crippen LogP contribution in [0.25, 0.3) is 16.6 Å². The van der Waals surface area contributed by atoms with Gasteiger partial charge in [-0.1, -0.05) is 5.92 Å². The molecule has 4 heterocycles. The van der Waals surface area contributed by atoms with E-state index >= 15 is 0 Å². The standard InChI is InChI=1S/C20H18N6O2/c1-2-19(28)25-7-5-24(6-8-25)18-4-3-14(11-22-18)17-9-16(27)13-26-20(17)15(10-21)12-23-26/h1,3-4,9,11-13,19,27-28H,5-8H2. The highest BCUT2D eigenvalue weighted by atomic mass is 16.3. The van der Waals surface area contributed by atoms with Gasteiger partial charge in [-0.25, -0.2) is 9.50 Å². The van der Waals surface area contributed by atoms with Crippen LogP contribution >= 0.6 is 0 Å². The zero-order valence-electron chi connectivity index (χ0n) is 15.0. The van der Waals surface area contributed by atoms with Gasteiger partial charge in [-0.05, 0) is 18.2 Å². The SMILES string of the molecule is C#CC(O)N1CCN(c2ccc(-c3cc(O)cn4ncc(C#N)c34)cn2)CC1. The predicted molar refractivity (Wildman–Crippen MR) is 103 cm³/mol. The van der Waals surface area contributed by atoms with Crippen molar-refractivity contribution in [1.82, 2.24) is 19.5 Å². The summed E-state index contributed by atoms with van der Waals surface area (Å²) in [4.78, 5) is 8.53. The van der Waals surface area contributed by atoms with E-state index in [9.17, 15) is 15.5 Å². The summed E-state index contributed by atoms with van der Waals surface area (Å²) in [6.45, 7) is 2.73. The Morgan fingerprint density at radius 2 is 1.96 bits per heavy atom. The Balaban J connectivity index is 1.60. The summed E-state index contributed by atoms with van der Waals surface area (Å²) < 4.78 is 1.49. The number of pyridine rings is 2. The number of anilines is 1. The van der Waals surface area contributed by atoms with Gasteiger partial charge in [0.15, 0.2) is 6.23 Å². The van der Waals surface area contributed by atoms with Gasteiger partial charge in [0, 0.05) is 43.5 Å². The number of aromatic hydroxyl groups is 1. The van der Waals surface area contributed by atoms with E-state index < -0.39 is 6.23 Å². The van der Waals surface area contributed by atoms with Crippen LogP contribution in [0, 0.1) is 23.7 Å². The highest BCUT2D eigenvalue weighted by Crippen LogP contribution is 2.30. The Labute approximate surface area is 161 Å². The van der Waals surface area contributed by atoms with Crippen LogP contribution in [0.5, 0.6) is 5.75 Å². The summed E-state index contributed by atoms with van der Waals surface area (Å²) in [5.41, 5.74) is 2.53. The first kappa shape index (κ1) is 17.8. The molecule has 0 bridgehead atoms. The van der Waals surface area contributed by atoms with Crippen LogP contribution in [0.15, 0.2) is 36.8 Å². The van der Waals surface area contributed by atoms with E-state index in [4.69, 9.17) is 6.42 Å². The van der Waals surface area contributed by atoms with Gasteiger partial charge in [-0.2, -0.15) is 10.4 Å². The van der Waals surface area contributed by atoms with Crippen LogP contribution in [0.1, 0.15) is 5.56 Å². The molecule has 28 heavy (non-hydrogen) atoms. The Hall–Kier alpha value is -3.59. The van der Waals surface area contributed by atoms with Crippen LogP contribution in [0.4, 0.5) is 5.82 Å². The maximum Gasteiger partial charge on any atom is 0.170 e. The second-order valence-electron chi connectivity index (χ2n) is 6.54. The number of aliphatic hydroxyl groups excluding tert-OH is 1. The largest absolute Gasteiger partial charge is 0.506 e. The van der Waals surface area contributed by atoms with Crippen molar-refractivity contribution in [3.8, 4) is 35.3 Å². The molecule has 0 spiro atoms. The van der Waals surface area contributed by atoms with E-state index in [2.05, 4.69) is 27.0 Å². The van der Waals surface area contributed by atoms with Gasteiger partial charge in [0.2, 0.25) is 0 Å². The number of nitriles is 1. The molecule has 1 fully saturated rings. The normalized spacial score (nSPS) is 15.9. The van der Waals surface area contributed by atoms with Crippen molar-refractivity contribution in [3.63, 3.8) is 0 Å². The Kier molecular flexibility index (Phi) is 4.58. The molecule has 4 rings (SSSR count). The summed E-state index contributed by atoms with van der Waals surface area (Å²) in [6.07, 6.45) is 9.08. The van der Waals surface area contributed by atoms with Crippen molar-refractivity contribution < 1.29 is 10.2 Å². The minimum absolute atomic E-state index is 0.0577. The highest BCUT2D eigenvalue weighted by Gasteiger charge is 2.22. The molecule has 8 nitrogen and oxygen atoms in total. The van der Waals surface area contributed by atoms with Crippen LogP contribution in [-0.2, 0) is 0 Å². The van der Waals surface area contributed by atoms with Gasteiger partial charge < -0.3 is 15.1 Å². The molecule has 2 N–H and O–H groups in total. The first-order chi connectivity index (χ1) is 13.6. The molecule has 0 amide bonds. The number of hydrogen-bond acceptors (Lipinski definition) is 7. The van der Waals surface area contributed by atoms with Crippen molar-refractivity contribution >= 4 is 11.3 Å². The topological polar surface area (TPSA) is 101 Å². The third-order valence-electron chi connectivity index (χ3n) is 4.91. The van der Waals surface area contributed by atoms with Gasteiger partial charge >= 0.3 is 0 Å². The van der Waals surface area contributed by atoms with Crippen LogP contribution in [-0.4, -0.2) is 62.1 Å². The molecule has 0 radical (unpaired) electrons. The summed E-state index contributed by atoms with van der Waals surface area (Å²) in [7, 11) is 0. The number of aliphatic hydroxyl groups is 1. The van der Waals surface area contributed by atoms with Crippen molar-refractivity contribution in [3.05, 3.63) is 42.4 Å². The number of rotatable bonds is 3. The monoisotopic (exact) mass is 374 g/mol. The van der Waals surface area contributed by atoms with Gasteiger partial charge in [0.1, 0.15) is 17.6 Å². The minimum atomic E-state index is -0.851. The number of terminal acetylenes is 1. The Bertz CT molecular complexity index is 1080. The van der Waals surface area contributed by atoms with Gasteiger partial charge in [-0.3, -0.25) is 4.90 Å². The van der Waals surface area contributed by atoms with E-state index in [1.807, 2.05) is 17.0 Å². The van der Waals surface area contributed by atoms with E-state index in [-0.39, 0.29) is 5.75 Å². The lowest BCUT2D eigenvalue weighted by Crippen LogP contribution is -2.50. The first-order valence-corrected chi connectivity index (χ1v) is 8.81. The fraction of sp³-hybridized carbons (Fsp3) is 0.250. The lowest BCUT2D eigenvalue weighted by atomic mass is 10.1. The zero-order chi connectivity index (χ0) is 19.7. The Morgan fingerprint density at radius 3 is 2.61 bits per heavy atom. The van der Waals surface area contributed by atoms with E-state index in [1.54, 1.807) is 12.3 Å². The molecule has 3 aromatic heterocycles. The number of nitrogens with zero attached hydrogens (tertiary/aromatic N) is 6. The lowest BCUT2D eigenvalue weighted by Gasteiger charge is -2.36. The molecule has 1 unspecified atom stereocenters. The first-order valence-electron chi connectivity index (χ1n) is 8.81.